The van der Waals surface area contributed by atoms with E-state index in [-0.39, 0.29) is 11.9 Å². The van der Waals surface area contributed by atoms with Gasteiger partial charge in [-0.05, 0) is 63.9 Å². The highest BCUT2D eigenvalue weighted by atomic mass is 35.5. The summed E-state index contributed by atoms with van der Waals surface area (Å²) in [7, 11) is 0. The lowest BCUT2D eigenvalue weighted by molar-refractivity contribution is 0.102. The van der Waals surface area contributed by atoms with Gasteiger partial charge in [-0.15, -0.1) is 0 Å². The van der Waals surface area contributed by atoms with Crippen molar-refractivity contribution in [2.24, 2.45) is 0 Å². The summed E-state index contributed by atoms with van der Waals surface area (Å²) in [5.74, 6) is 0.562. The molecule has 10 heteroatoms. The van der Waals surface area contributed by atoms with Crippen LogP contribution >= 0.6 is 11.6 Å². The fraction of sp³-hybridized carbons (Fsp3) is 0.286. The van der Waals surface area contributed by atoms with E-state index in [1.807, 2.05) is 18.2 Å². The number of carbonyl (C=O) groups is 1. The standard InChI is InChI=1S/C28H30ClN7O2/c29-24-11-9-21(10-12-24)26-8-2-1-5-23(26)20-36-16-14-35(15-17-36)13-4-18-38-25-7-3-6-22(19-25)27(37)30-28-31-33-34-32-28/h1-3,5-12,19H,4,13-18,20H2,(H2,30,31,32,33,34,37). The summed E-state index contributed by atoms with van der Waals surface area (Å²) < 4.78 is 5.91. The van der Waals surface area contributed by atoms with E-state index in [0.717, 1.165) is 50.7 Å². The molecule has 0 radical (unpaired) electrons. The first kappa shape index (κ1) is 25.8. The molecular weight excluding hydrogens is 502 g/mol. The quantitative estimate of drug-likeness (QED) is 0.293. The normalized spacial score (nSPS) is 14.3. The number of aromatic amines is 1. The zero-order valence-electron chi connectivity index (χ0n) is 21.0. The number of aromatic nitrogens is 4. The van der Waals surface area contributed by atoms with E-state index < -0.39 is 0 Å². The number of nitrogens with one attached hydrogen (secondary N) is 2. The molecule has 2 N–H and O–H groups in total. The van der Waals surface area contributed by atoms with Crippen LogP contribution in [0.4, 0.5) is 5.95 Å². The second-order valence-electron chi connectivity index (χ2n) is 9.22. The number of amides is 1. The highest BCUT2D eigenvalue weighted by molar-refractivity contribution is 6.30. The topological polar surface area (TPSA) is 99.3 Å². The Morgan fingerprint density at radius 3 is 2.55 bits per heavy atom. The molecule has 1 aliphatic rings. The molecule has 1 amide bonds. The number of benzene rings is 3. The Bertz CT molecular complexity index is 1320. The number of rotatable bonds is 10. The maximum Gasteiger partial charge on any atom is 0.258 e. The van der Waals surface area contributed by atoms with Crippen LogP contribution in [-0.2, 0) is 6.54 Å². The predicted molar refractivity (Wildman–Crippen MR) is 147 cm³/mol. The first-order valence-corrected chi connectivity index (χ1v) is 13.1. The molecule has 0 spiro atoms. The van der Waals surface area contributed by atoms with Crippen molar-refractivity contribution in [1.82, 2.24) is 30.4 Å². The Labute approximate surface area is 226 Å². The molecule has 0 unspecified atom stereocenters. The number of carbonyl (C=O) groups excluding carboxylic acids is 1. The van der Waals surface area contributed by atoms with Crippen LogP contribution in [0.2, 0.25) is 5.02 Å². The van der Waals surface area contributed by atoms with E-state index >= 15 is 0 Å². The van der Waals surface area contributed by atoms with E-state index in [4.69, 9.17) is 16.3 Å². The van der Waals surface area contributed by atoms with E-state index in [2.05, 4.69) is 72.1 Å². The molecule has 38 heavy (non-hydrogen) atoms. The Kier molecular flexibility index (Phi) is 8.60. The molecule has 1 aliphatic heterocycles. The van der Waals surface area contributed by atoms with Gasteiger partial charge >= 0.3 is 0 Å². The molecule has 1 fully saturated rings. The van der Waals surface area contributed by atoms with Crippen molar-refractivity contribution >= 4 is 23.5 Å². The highest BCUT2D eigenvalue weighted by Gasteiger charge is 2.18. The van der Waals surface area contributed by atoms with Gasteiger partial charge in [-0.25, -0.2) is 5.10 Å². The van der Waals surface area contributed by atoms with E-state index in [1.165, 1.54) is 16.7 Å². The molecule has 0 aliphatic carbocycles. The van der Waals surface area contributed by atoms with Crippen molar-refractivity contribution < 1.29 is 9.53 Å². The van der Waals surface area contributed by atoms with Crippen LogP contribution in [0, 0.1) is 0 Å². The Morgan fingerprint density at radius 1 is 0.974 bits per heavy atom. The smallest absolute Gasteiger partial charge is 0.258 e. The van der Waals surface area contributed by atoms with Crippen molar-refractivity contribution in [3.8, 4) is 16.9 Å². The second-order valence-corrected chi connectivity index (χ2v) is 9.65. The largest absolute Gasteiger partial charge is 0.494 e. The van der Waals surface area contributed by atoms with Gasteiger partial charge in [0.1, 0.15) is 5.75 Å². The molecule has 1 aromatic heterocycles. The van der Waals surface area contributed by atoms with Crippen LogP contribution in [0.25, 0.3) is 11.1 Å². The maximum atomic E-state index is 12.3. The van der Waals surface area contributed by atoms with Crippen LogP contribution in [0.5, 0.6) is 5.75 Å². The lowest BCUT2D eigenvalue weighted by Crippen LogP contribution is -2.46. The SMILES string of the molecule is O=C(Nc1nnn[nH]1)c1cccc(OCCCN2CCN(Cc3ccccc3-c3ccc(Cl)cc3)CC2)c1. The van der Waals surface area contributed by atoms with Gasteiger partial charge in [0.2, 0.25) is 5.95 Å². The molecule has 0 bridgehead atoms. The van der Waals surface area contributed by atoms with Gasteiger partial charge < -0.3 is 9.64 Å². The fourth-order valence-electron chi connectivity index (χ4n) is 4.58. The number of halogens is 1. The van der Waals surface area contributed by atoms with Crippen molar-refractivity contribution in [2.45, 2.75) is 13.0 Å². The number of ether oxygens (including phenoxy) is 1. The zero-order chi connectivity index (χ0) is 26.2. The zero-order valence-corrected chi connectivity index (χ0v) is 21.8. The van der Waals surface area contributed by atoms with Crippen molar-refractivity contribution in [2.75, 3.05) is 44.6 Å². The predicted octanol–water partition coefficient (Wildman–Crippen LogP) is 4.36. The number of H-pyrrole nitrogens is 1. The summed E-state index contributed by atoms with van der Waals surface area (Å²) >= 11 is 6.08. The van der Waals surface area contributed by atoms with E-state index in [9.17, 15) is 4.79 Å². The molecule has 2 heterocycles. The third-order valence-electron chi connectivity index (χ3n) is 6.59. The van der Waals surface area contributed by atoms with Gasteiger partial charge in [0, 0.05) is 49.9 Å². The average molecular weight is 532 g/mol. The van der Waals surface area contributed by atoms with Crippen LogP contribution in [0.15, 0.2) is 72.8 Å². The van der Waals surface area contributed by atoms with Gasteiger partial charge in [-0.3, -0.25) is 15.0 Å². The average Bonchev–Trinajstić information content (AvgIpc) is 3.46. The van der Waals surface area contributed by atoms with Crippen molar-refractivity contribution in [3.05, 3.63) is 88.9 Å². The Balaban J connectivity index is 1.04. The van der Waals surface area contributed by atoms with Crippen molar-refractivity contribution in [3.63, 3.8) is 0 Å². The summed E-state index contributed by atoms with van der Waals surface area (Å²) in [6.45, 7) is 6.65. The Morgan fingerprint density at radius 2 is 1.76 bits per heavy atom. The maximum absolute atomic E-state index is 12.3. The Hall–Kier alpha value is -3.79. The summed E-state index contributed by atoms with van der Waals surface area (Å²) in [6.07, 6.45) is 0.916. The lowest BCUT2D eigenvalue weighted by Gasteiger charge is -2.35. The molecule has 196 valence electrons. The van der Waals surface area contributed by atoms with E-state index in [0.29, 0.717) is 17.9 Å². The van der Waals surface area contributed by atoms with Gasteiger partial charge in [0.25, 0.3) is 5.91 Å². The summed E-state index contributed by atoms with van der Waals surface area (Å²) in [6, 6.07) is 23.8. The van der Waals surface area contributed by atoms with Gasteiger partial charge in [0.05, 0.1) is 6.61 Å². The molecule has 0 atom stereocenters. The molecule has 9 nitrogen and oxygen atoms in total. The third kappa shape index (κ3) is 6.95. The number of hydrogen-bond donors (Lipinski definition) is 2. The minimum absolute atomic E-state index is 0.201. The summed E-state index contributed by atoms with van der Waals surface area (Å²) in [5, 5.41) is 16.4. The van der Waals surface area contributed by atoms with Gasteiger partial charge in [-0.2, -0.15) is 0 Å². The van der Waals surface area contributed by atoms with Crippen LogP contribution < -0.4 is 10.1 Å². The number of hydrogen-bond acceptors (Lipinski definition) is 7. The number of anilines is 1. The van der Waals surface area contributed by atoms with E-state index in [1.54, 1.807) is 18.2 Å². The monoisotopic (exact) mass is 531 g/mol. The third-order valence-corrected chi connectivity index (χ3v) is 6.84. The minimum atomic E-state index is -0.303. The number of tetrazole rings is 1. The van der Waals surface area contributed by atoms with Gasteiger partial charge in [0.15, 0.2) is 0 Å². The second kappa shape index (κ2) is 12.6. The fourth-order valence-corrected chi connectivity index (χ4v) is 4.70. The molecule has 5 rings (SSSR count). The number of nitrogens with zero attached hydrogens (tertiary/aromatic N) is 5. The molecule has 0 saturated carbocycles. The highest BCUT2D eigenvalue weighted by Crippen LogP contribution is 2.26. The van der Waals surface area contributed by atoms with Gasteiger partial charge in [-0.1, -0.05) is 59.2 Å². The molecule has 4 aromatic rings. The molecule has 1 saturated heterocycles. The summed E-state index contributed by atoms with van der Waals surface area (Å²) in [4.78, 5) is 17.4. The van der Waals surface area contributed by atoms with Crippen LogP contribution in [-0.4, -0.2) is 75.7 Å². The van der Waals surface area contributed by atoms with Crippen molar-refractivity contribution in [1.29, 1.82) is 0 Å². The lowest BCUT2D eigenvalue weighted by atomic mass is 9.99. The first-order chi connectivity index (χ1) is 18.6. The minimum Gasteiger partial charge on any atom is -0.494 e. The molecular formula is C28H30ClN7O2. The van der Waals surface area contributed by atoms with Crippen LogP contribution in [0.1, 0.15) is 22.3 Å². The number of piperazine rings is 1. The van der Waals surface area contributed by atoms with Crippen LogP contribution in [0.3, 0.4) is 0 Å². The first-order valence-electron chi connectivity index (χ1n) is 12.7. The molecule has 3 aromatic carbocycles. The summed E-state index contributed by atoms with van der Waals surface area (Å²) in [5.41, 5.74) is 4.28.